The Morgan fingerprint density at radius 2 is 1.64 bits per heavy atom. The lowest BCUT2D eigenvalue weighted by atomic mass is 10.0. The van der Waals surface area contributed by atoms with E-state index in [-0.39, 0.29) is 11.7 Å². The molecule has 0 fully saturated rings. The number of carbonyl (C=O) groups is 2. The number of nitrogens with zero attached hydrogens (tertiary/aromatic N) is 1. The summed E-state index contributed by atoms with van der Waals surface area (Å²) in [7, 11) is 0. The molecule has 1 heterocycles. The molecule has 3 aromatic rings. The number of hydrogen-bond acceptors (Lipinski definition) is 5. The zero-order valence-electron chi connectivity index (χ0n) is 18.4. The number of carbonyl (C=O) groups excluding carboxylic acids is 2. The first-order valence-corrected chi connectivity index (χ1v) is 10.6. The van der Waals surface area contributed by atoms with Crippen molar-refractivity contribution in [2.75, 3.05) is 11.9 Å². The Balaban J connectivity index is 1.69. The number of benzene rings is 2. The fourth-order valence-electron chi connectivity index (χ4n) is 3.15. The van der Waals surface area contributed by atoms with Gasteiger partial charge in [0.25, 0.3) is 0 Å². The molecule has 0 saturated heterocycles. The van der Waals surface area contributed by atoms with E-state index in [9.17, 15) is 14.0 Å². The van der Waals surface area contributed by atoms with Crippen molar-refractivity contribution in [1.82, 2.24) is 10.3 Å². The summed E-state index contributed by atoms with van der Waals surface area (Å²) in [6, 6.07) is 17.4. The molecule has 2 aromatic carbocycles. The number of amides is 2. The molecule has 3 rings (SSSR count). The first-order valence-electron chi connectivity index (χ1n) is 10.6. The van der Waals surface area contributed by atoms with Gasteiger partial charge in [-0.25, -0.2) is 9.37 Å². The molecule has 1 atom stereocenters. The van der Waals surface area contributed by atoms with Crippen molar-refractivity contribution in [3.05, 3.63) is 72.5 Å². The number of anilines is 1. The summed E-state index contributed by atoms with van der Waals surface area (Å²) >= 11 is 0. The van der Waals surface area contributed by atoms with Crippen LogP contribution in [-0.2, 0) is 9.59 Å². The van der Waals surface area contributed by atoms with Crippen LogP contribution in [0, 0.1) is 11.7 Å². The topological polar surface area (TPSA) is 101 Å². The second-order valence-electron chi connectivity index (χ2n) is 7.89. The van der Waals surface area contributed by atoms with Crippen molar-refractivity contribution < 1.29 is 23.8 Å². The van der Waals surface area contributed by atoms with Crippen LogP contribution in [0.15, 0.2) is 66.7 Å². The van der Waals surface area contributed by atoms with Crippen molar-refractivity contribution in [2.24, 2.45) is 5.92 Å². The summed E-state index contributed by atoms with van der Waals surface area (Å²) in [6.45, 7) is 3.19. The number of aromatic nitrogens is 1. The highest BCUT2D eigenvalue weighted by molar-refractivity contribution is 5.96. The number of aliphatic hydroxyl groups excluding tert-OH is 1. The van der Waals surface area contributed by atoms with E-state index in [4.69, 9.17) is 9.84 Å². The lowest BCUT2D eigenvalue weighted by molar-refractivity contribution is -0.128. The van der Waals surface area contributed by atoms with Gasteiger partial charge in [0.2, 0.25) is 11.8 Å². The van der Waals surface area contributed by atoms with Crippen LogP contribution < -0.4 is 15.4 Å². The van der Waals surface area contributed by atoms with Gasteiger partial charge < -0.3 is 20.5 Å². The minimum atomic E-state index is -0.780. The molecule has 3 N–H and O–H groups in total. The van der Waals surface area contributed by atoms with Gasteiger partial charge in [0.05, 0.1) is 5.69 Å². The van der Waals surface area contributed by atoms with Crippen molar-refractivity contribution in [2.45, 2.75) is 26.3 Å². The van der Waals surface area contributed by atoms with Crippen molar-refractivity contribution in [3.8, 4) is 22.8 Å². The number of rotatable bonds is 9. The lowest BCUT2D eigenvalue weighted by Crippen LogP contribution is -2.45. The normalized spacial score (nSPS) is 11.7. The Bertz CT molecular complexity index is 1090. The molecule has 1 unspecified atom stereocenters. The second kappa shape index (κ2) is 11.2. The van der Waals surface area contributed by atoms with Gasteiger partial charge in [-0.05, 0) is 73.0 Å². The van der Waals surface area contributed by atoms with Crippen LogP contribution in [0.3, 0.4) is 0 Å². The Hall–Kier alpha value is -3.78. The highest BCUT2D eigenvalue weighted by Crippen LogP contribution is 2.26. The van der Waals surface area contributed by atoms with E-state index in [0.29, 0.717) is 29.4 Å². The summed E-state index contributed by atoms with van der Waals surface area (Å²) in [4.78, 5) is 28.8. The van der Waals surface area contributed by atoms with E-state index in [0.717, 1.165) is 5.56 Å². The van der Waals surface area contributed by atoms with Gasteiger partial charge in [0.15, 0.2) is 0 Å². The van der Waals surface area contributed by atoms with E-state index in [1.165, 1.54) is 12.1 Å². The number of nitrogens with one attached hydrogen (secondary N) is 2. The summed E-state index contributed by atoms with van der Waals surface area (Å²) in [6.07, 6.45) is 0.423. The van der Waals surface area contributed by atoms with Crippen molar-refractivity contribution >= 4 is 17.6 Å². The predicted molar refractivity (Wildman–Crippen MR) is 123 cm³/mol. The van der Waals surface area contributed by atoms with Crippen LogP contribution in [-0.4, -0.2) is 34.6 Å². The maximum atomic E-state index is 13.0. The van der Waals surface area contributed by atoms with Crippen LogP contribution in [0.1, 0.15) is 20.3 Å². The third-order valence-electron chi connectivity index (χ3n) is 4.70. The van der Waals surface area contributed by atoms with Gasteiger partial charge in [-0.2, -0.15) is 0 Å². The molecular weight excluding hydrogens is 425 g/mol. The molecule has 0 aliphatic rings. The van der Waals surface area contributed by atoms with Gasteiger partial charge in [-0.3, -0.25) is 9.59 Å². The van der Waals surface area contributed by atoms with Crippen LogP contribution in [0.2, 0.25) is 0 Å². The van der Waals surface area contributed by atoms with E-state index in [2.05, 4.69) is 15.6 Å². The van der Waals surface area contributed by atoms with Crippen LogP contribution in [0.4, 0.5) is 10.2 Å². The average Bonchev–Trinajstić information content (AvgIpc) is 2.80. The Morgan fingerprint density at radius 3 is 2.24 bits per heavy atom. The molecule has 172 valence electrons. The first kappa shape index (κ1) is 23.9. The molecule has 0 aliphatic carbocycles. The van der Waals surface area contributed by atoms with E-state index < -0.39 is 24.5 Å². The minimum Gasteiger partial charge on any atom is -0.457 e. The third kappa shape index (κ3) is 7.11. The van der Waals surface area contributed by atoms with Gasteiger partial charge >= 0.3 is 0 Å². The fraction of sp³-hybridized carbons (Fsp3) is 0.240. The third-order valence-corrected chi connectivity index (χ3v) is 4.70. The first-order chi connectivity index (χ1) is 15.8. The lowest BCUT2D eigenvalue weighted by Gasteiger charge is -2.19. The maximum Gasteiger partial charge on any atom is 0.248 e. The highest BCUT2D eigenvalue weighted by atomic mass is 19.1. The van der Waals surface area contributed by atoms with Crippen LogP contribution in [0.5, 0.6) is 11.5 Å². The highest BCUT2D eigenvalue weighted by Gasteiger charge is 2.22. The fourth-order valence-corrected chi connectivity index (χ4v) is 3.15. The van der Waals surface area contributed by atoms with Gasteiger partial charge in [-0.15, -0.1) is 0 Å². The quantitative estimate of drug-likeness (QED) is 0.454. The predicted octanol–water partition coefficient (Wildman–Crippen LogP) is 4.14. The van der Waals surface area contributed by atoms with E-state index in [1.807, 2.05) is 32.0 Å². The molecule has 1 aromatic heterocycles. The Kier molecular flexibility index (Phi) is 8.10. The zero-order chi connectivity index (χ0) is 23.8. The molecule has 7 nitrogen and oxygen atoms in total. The van der Waals surface area contributed by atoms with Gasteiger partial charge in [-0.1, -0.05) is 19.9 Å². The summed E-state index contributed by atoms with van der Waals surface area (Å²) in [5.41, 5.74) is 1.45. The molecule has 0 radical (unpaired) electrons. The molecule has 2 amide bonds. The second-order valence-corrected chi connectivity index (χ2v) is 7.89. The monoisotopic (exact) mass is 451 g/mol. The minimum absolute atomic E-state index is 0.162. The molecule has 0 saturated carbocycles. The average molecular weight is 451 g/mol. The Labute approximate surface area is 191 Å². The molecular formula is C25H26FN3O4. The maximum absolute atomic E-state index is 13.0. The molecule has 0 aliphatic heterocycles. The van der Waals surface area contributed by atoms with Gasteiger partial charge in [0.1, 0.15) is 35.8 Å². The number of hydrogen-bond donors (Lipinski definition) is 3. The summed E-state index contributed by atoms with van der Waals surface area (Å²) in [5, 5.41) is 14.2. The molecule has 8 heteroatoms. The van der Waals surface area contributed by atoms with Crippen molar-refractivity contribution in [1.29, 1.82) is 0 Å². The zero-order valence-corrected chi connectivity index (χ0v) is 18.4. The SMILES string of the molecule is CC(C)CC(NC(=O)CO)C(=O)Nc1cccc(-c2ccc(Oc3ccc(F)cc3)cc2)n1. The summed E-state index contributed by atoms with van der Waals surface area (Å²) in [5.74, 6) is 0.272. The number of aliphatic hydroxyl groups is 1. The molecule has 0 spiro atoms. The van der Waals surface area contributed by atoms with Crippen LogP contribution in [0.25, 0.3) is 11.3 Å². The number of ether oxygens (including phenoxy) is 1. The Morgan fingerprint density at radius 1 is 1.00 bits per heavy atom. The van der Waals surface area contributed by atoms with E-state index >= 15 is 0 Å². The van der Waals surface area contributed by atoms with E-state index in [1.54, 1.807) is 36.4 Å². The molecule has 0 bridgehead atoms. The smallest absolute Gasteiger partial charge is 0.248 e. The standard InChI is InChI=1S/C25H26FN3O4/c1-16(2)14-22(28-24(31)15-30)25(32)29-23-5-3-4-21(27-23)17-6-10-19(11-7-17)33-20-12-8-18(26)9-13-20/h3-13,16,22,30H,14-15H2,1-2H3,(H,28,31)(H,27,29,32). The number of halogens is 1. The van der Waals surface area contributed by atoms with Crippen molar-refractivity contribution in [3.63, 3.8) is 0 Å². The van der Waals surface area contributed by atoms with Crippen LogP contribution >= 0.6 is 0 Å². The number of pyridine rings is 1. The van der Waals surface area contributed by atoms with Gasteiger partial charge in [0, 0.05) is 5.56 Å². The molecule has 33 heavy (non-hydrogen) atoms. The largest absolute Gasteiger partial charge is 0.457 e. The summed E-state index contributed by atoms with van der Waals surface area (Å²) < 4.78 is 18.7.